The zero-order chi connectivity index (χ0) is 21.8. The van der Waals surface area contributed by atoms with Crippen molar-refractivity contribution in [3.05, 3.63) is 29.3 Å². The van der Waals surface area contributed by atoms with E-state index in [0.717, 1.165) is 37.7 Å². The van der Waals surface area contributed by atoms with E-state index < -0.39 is 15.6 Å². The van der Waals surface area contributed by atoms with Gasteiger partial charge in [-0.25, -0.2) is 18.1 Å². The Morgan fingerprint density at radius 2 is 1.71 bits per heavy atom. The van der Waals surface area contributed by atoms with Crippen LogP contribution in [0.1, 0.15) is 43.7 Å². The highest BCUT2D eigenvalue weighted by Gasteiger charge is 2.56. The molecule has 2 saturated heterocycles. The standard InChI is InChI=1S/C22H30N4O4S/c1-22(18-7-8-18)20(27)26(21(28)23-22)15-24-10-12-25(13-11-24)31(29,30)19-9-6-16-4-2-3-5-17(16)14-19/h6,9,14,18H,2-5,7-8,10-13,15H2,1H3,(H,23,28)/t22-/m0/s1. The van der Waals surface area contributed by atoms with Crippen LogP contribution in [0.3, 0.4) is 0 Å². The minimum absolute atomic E-state index is 0.163. The summed E-state index contributed by atoms with van der Waals surface area (Å²) in [6.07, 6.45) is 6.18. The van der Waals surface area contributed by atoms with E-state index in [1.165, 1.54) is 21.2 Å². The van der Waals surface area contributed by atoms with Gasteiger partial charge in [-0.15, -0.1) is 0 Å². The summed E-state index contributed by atoms with van der Waals surface area (Å²) in [4.78, 5) is 28.9. The van der Waals surface area contributed by atoms with Gasteiger partial charge in [-0.2, -0.15) is 4.31 Å². The lowest BCUT2D eigenvalue weighted by atomic mass is 9.92. The summed E-state index contributed by atoms with van der Waals surface area (Å²) in [6.45, 7) is 3.70. The van der Waals surface area contributed by atoms with Crippen molar-refractivity contribution in [3.63, 3.8) is 0 Å². The topological polar surface area (TPSA) is 90.0 Å². The summed E-state index contributed by atoms with van der Waals surface area (Å²) in [6, 6.07) is 5.20. The Balaban J connectivity index is 1.22. The fourth-order valence-corrected chi connectivity index (χ4v) is 6.59. The van der Waals surface area contributed by atoms with Crippen LogP contribution in [0.15, 0.2) is 23.1 Å². The Labute approximate surface area is 183 Å². The number of benzene rings is 1. The number of imide groups is 1. The fraction of sp³-hybridized carbons (Fsp3) is 0.636. The van der Waals surface area contributed by atoms with Gasteiger partial charge in [-0.3, -0.25) is 9.69 Å². The predicted octanol–water partition coefficient (Wildman–Crippen LogP) is 1.55. The van der Waals surface area contributed by atoms with E-state index in [0.29, 0.717) is 31.1 Å². The number of nitrogens with one attached hydrogen (secondary N) is 1. The first-order valence-electron chi connectivity index (χ1n) is 11.3. The van der Waals surface area contributed by atoms with Crippen LogP contribution < -0.4 is 5.32 Å². The van der Waals surface area contributed by atoms with E-state index in [4.69, 9.17) is 0 Å². The molecule has 3 fully saturated rings. The fourth-order valence-electron chi connectivity index (χ4n) is 5.11. The third-order valence-corrected chi connectivity index (χ3v) is 9.22. The van der Waals surface area contributed by atoms with E-state index in [-0.39, 0.29) is 24.5 Å². The van der Waals surface area contributed by atoms with Crippen LogP contribution in [0.2, 0.25) is 0 Å². The molecule has 0 bridgehead atoms. The Kier molecular flexibility index (Phi) is 5.10. The van der Waals surface area contributed by atoms with Crippen molar-refractivity contribution in [2.45, 2.75) is 55.9 Å². The van der Waals surface area contributed by atoms with E-state index in [2.05, 4.69) is 5.32 Å². The van der Waals surface area contributed by atoms with Gasteiger partial charge in [0.25, 0.3) is 5.91 Å². The third kappa shape index (κ3) is 3.66. The van der Waals surface area contributed by atoms with Crippen molar-refractivity contribution in [2.24, 2.45) is 5.92 Å². The van der Waals surface area contributed by atoms with Gasteiger partial charge in [0.2, 0.25) is 10.0 Å². The number of carbonyl (C=O) groups excluding carboxylic acids is 2. The predicted molar refractivity (Wildman–Crippen MR) is 115 cm³/mol. The molecule has 1 aromatic rings. The molecule has 4 aliphatic rings. The van der Waals surface area contributed by atoms with E-state index in [1.807, 2.05) is 24.0 Å². The Morgan fingerprint density at radius 1 is 1.03 bits per heavy atom. The molecule has 1 saturated carbocycles. The largest absolute Gasteiger partial charge is 0.326 e. The van der Waals surface area contributed by atoms with E-state index >= 15 is 0 Å². The molecule has 0 aromatic heterocycles. The average Bonchev–Trinajstić information content (AvgIpc) is 3.60. The summed E-state index contributed by atoms with van der Waals surface area (Å²) in [5.41, 5.74) is 1.64. The number of piperazine rings is 1. The molecular formula is C22H30N4O4S. The van der Waals surface area contributed by atoms with Crippen LogP contribution >= 0.6 is 0 Å². The monoisotopic (exact) mass is 446 g/mol. The minimum atomic E-state index is -3.54. The number of aryl methyl sites for hydroxylation is 2. The highest BCUT2D eigenvalue weighted by atomic mass is 32.2. The number of amides is 3. The first kappa shape index (κ1) is 20.9. The lowest BCUT2D eigenvalue weighted by molar-refractivity contribution is -0.133. The van der Waals surface area contributed by atoms with Crippen molar-refractivity contribution in [1.82, 2.24) is 19.4 Å². The summed E-state index contributed by atoms with van der Waals surface area (Å²) < 4.78 is 27.9. The molecule has 3 amide bonds. The number of nitrogens with zero attached hydrogens (tertiary/aromatic N) is 3. The Hall–Kier alpha value is -1.97. The molecule has 168 valence electrons. The molecule has 2 aliphatic carbocycles. The van der Waals surface area contributed by atoms with Gasteiger partial charge in [-0.1, -0.05) is 6.07 Å². The minimum Gasteiger partial charge on any atom is -0.323 e. The van der Waals surface area contributed by atoms with Gasteiger partial charge >= 0.3 is 6.03 Å². The summed E-state index contributed by atoms with van der Waals surface area (Å²) in [7, 11) is -3.54. The summed E-state index contributed by atoms with van der Waals surface area (Å²) >= 11 is 0. The lowest BCUT2D eigenvalue weighted by Crippen LogP contribution is -2.53. The molecular weight excluding hydrogens is 416 g/mol. The summed E-state index contributed by atoms with van der Waals surface area (Å²) in [5, 5.41) is 2.87. The van der Waals surface area contributed by atoms with Crippen LogP contribution in [-0.4, -0.2) is 72.8 Å². The van der Waals surface area contributed by atoms with Crippen molar-refractivity contribution in [2.75, 3.05) is 32.8 Å². The smallest absolute Gasteiger partial charge is 0.323 e. The zero-order valence-corrected chi connectivity index (χ0v) is 18.8. The maximum atomic E-state index is 13.2. The van der Waals surface area contributed by atoms with Gasteiger partial charge in [0.1, 0.15) is 5.54 Å². The Morgan fingerprint density at radius 3 is 2.39 bits per heavy atom. The van der Waals surface area contributed by atoms with Crippen molar-refractivity contribution >= 4 is 22.0 Å². The maximum Gasteiger partial charge on any atom is 0.326 e. The Bertz CT molecular complexity index is 1010. The number of sulfonamides is 1. The van der Waals surface area contributed by atoms with Crippen LogP contribution in [0, 0.1) is 5.92 Å². The number of hydrogen-bond acceptors (Lipinski definition) is 5. The second-order valence-corrected chi connectivity index (χ2v) is 11.4. The molecule has 31 heavy (non-hydrogen) atoms. The molecule has 5 rings (SSSR count). The first-order valence-corrected chi connectivity index (χ1v) is 12.7. The van der Waals surface area contributed by atoms with E-state index in [1.54, 1.807) is 6.07 Å². The van der Waals surface area contributed by atoms with E-state index in [9.17, 15) is 18.0 Å². The summed E-state index contributed by atoms with van der Waals surface area (Å²) in [5.74, 6) is 0.0664. The van der Waals surface area contributed by atoms with Crippen molar-refractivity contribution < 1.29 is 18.0 Å². The van der Waals surface area contributed by atoms with Gasteiger partial charge in [0.05, 0.1) is 11.6 Å². The maximum absolute atomic E-state index is 13.2. The molecule has 0 spiro atoms. The molecule has 1 aromatic carbocycles. The van der Waals surface area contributed by atoms with Gasteiger partial charge < -0.3 is 5.32 Å². The molecule has 1 atom stereocenters. The highest BCUT2D eigenvalue weighted by Crippen LogP contribution is 2.42. The lowest BCUT2D eigenvalue weighted by Gasteiger charge is -2.35. The van der Waals surface area contributed by atoms with Crippen LogP contribution in [-0.2, 0) is 27.7 Å². The SMILES string of the molecule is C[C@@]1(C2CC2)NC(=O)N(CN2CCN(S(=O)(=O)c3ccc4c(c3)CCCC4)CC2)C1=O. The number of rotatable bonds is 5. The van der Waals surface area contributed by atoms with Crippen molar-refractivity contribution in [1.29, 1.82) is 0 Å². The normalized spacial score (nSPS) is 28.0. The molecule has 0 unspecified atom stereocenters. The average molecular weight is 447 g/mol. The number of carbonyl (C=O) groups is 2. The molecule has 2 heterocycles. The zero-order valence-electron chi connectivity index (χ0n) is 18.0. The van der Waals surface area contributed by atoms with Gasteiger partial charge in [0.15, 0.2) is 0 Å². The van der Waals surface area contributed by atoms with Gasteiger partial charge in [-0.05, 0) is 74.6 Å². The second-order valence-electron chi connectivity index (χ2n) is 9.44. The molecule has 9 heteroatoms. The number of hydrogen-bond donors (Lipinski definition) is 1. The molecule has 1 N–H and O–H groups in total. The van der Waals surface area contributed by atoms with Crippen LogP contribution in [0.5, 0.6) is 0 Å². The first-order chi connectivity index (χ1) is 14.8. The number of urea groups is 1. The molecule has 8 nitrogen and oxygen atoms in total. The van der Waals surface area contributed by atoms with Crippen molar-refractivity contribution in [3.8, 4) is 0 Å². The third-order valence-electron chi connectivity index (χ3n) is 7.33. The second kappa shape index (κ2) is 7.56. The van der Waals surface area contributed by atoms with Crippen LogP contribution in [0.4, 0.5) is 4.79 Å². The molecule has 2 aliphatic heterocycles. The number of fused-ring (bicyclic) bond motifs is 1. The highest BCUT2D eigenvalue weighted by molar-refractivity contribution is 7.89. The van der Waals surface area contributed by atoms with Crippen LogP contribution in [0.25, 0.3) is 0 Å². The quantitative estimate of drug-likeness (QED) is 0.693. The molecule has 0 radical (unpaired) electrons. The van der Waals surface area contributed by atoms with Gasteiger partial charge in [0, 0.05) is 26.2 Å².